The van der Waals surface area contributed by atoms with Crippen LogP contribution in [0.25, 0.3) is 0 Å². The number of esters is 1. The maximum atomic E-state index is 12.9. The van der Waals surface area contributed by atoms with Crippen molar-refractivity contribution in [2.24, 2.45) is 5.92 Å². The third-order valence-corrected chi connectivity index (χ3v) is 6.60. The Balaban J connectivity index is 1.72. The second-order valence-electron chi connectivity index (χ2n) is 8.07. The van der Waals surface area contributed by atoms with Crippen LogP contribution in [0.1, 0.15) is 71.2 Å². The van der Waals surface area contributed by atoms with E-state index in [4.69, 9.17) is 21.7 Å². The highest BCUT2D eigenvalue weighted by molar-refractivity contribution is 7.80. The molecule has 6 nitrogen and oxygen atoms in total. The Morgan fingerprint density at radius 1 is 1.19 bits per heavy atom. The number of thiophene rings is 1. The molecule has 32 heavy (non-hydrogen) atoms. The Morgan fingerprint density at radius 2 is 1.94 bits per heavy atom. The molecule has 8 heteroatoms. The number of hydrogen-bond donors (Lipinski definition) is 2. The van der Waals surface area contributed by atoms with Gasteiger partial charge in [0.15, 0.2) is 5.11 Å². The number of carbonyl (C=O) groups is 2. The van der Waals surface area contributed by atoms with Gasteiger partial charge in [-0.15, -0.1) is 11.3 Å². The average molecular weight is 475 g/mol. The first-order valence-electron chi connectivity index (χ1n) is 11.1. The lowest BCUT2D eigenvalue weighted by atomic mass is 9.95. The molecule has 172 valence electrons. The number of thiocarbonyl (C=S) groups is 1. The minimum atomic E-state index is -0.360. The lowest BCUT2D eigenvalue weighted by Crippen LogP contribution is -2.34. The Hall–Kier alpha value is -2.45. The van der Waals surface area contributed by atoms with Gasteiger partial charge in [0.05, 0.1) is 24.3 Å². The van der Waals surface area contributed by atoms with Crippen LogP contribution < -0.4 is 15.4 Å². The van der Waals surface area contributed by atoms with Crippen molar-refractivity contribution in [2.45, 2.75) is 52.9 Å². The van der Waals surface area contributed by atoms with Crippen LogP contribution >= 0.6 is 23.6 Å². The number of anilines is 1. The average Bonchev–Trinajstić information content (AvgIpc) is 3.11. The molecule has 3 rings (SSSR count). The molecule has 1 aliphatic carbocycles. The van der Waals surface area contributed by atoms with Crippen molar-refractivity contribution in [1.29, 1.82) is 0 Å². The van der Waals surface area contributed by atoms with E-state index in [1.54, 1.807) is 25.1 Å². The summed E-state index contributed by atoms with van der Waals surface area (Å²) in [5.41, 5.74) is 2.00. The van der Waals surface area contributed by atoms with Crippen LogP contribution in [0.4, 0.5) is 5.00 Å². The fraction of sp³-hybridized carbons (Fsp3) is 0.458. The fourth-order valence-corrected chi connectivity index (χ4v) is 5.10. The standard InChI is InChI=1S/C24H30N2O4S2/c1-4-29-23(28)20-17-10-6-8-12-19(17)32-22(20)26-24(31)25-21(27)16-9-5-7-11-18(16)30-14-13-15(2)3/h5,7,9,11,15H,4,6,8,10,12-14H2,1-3H3,(H2,25,26,27,31). The number of nitrogens with one attached hydrogen (secondary N) is 2. The van der Waals surface area contributed by atoms with Crippen LogP contribution in [0.15, 0.2) is 24.3 Å². The van der Waals surface area contributed by atoms with E-state index >= 15 is 0 Å². The summed E-state index contributed by atoms with van der Waals surface area (Å²) in [5.74, 6) is 0.319. The summed E-state index contributed by atoms with van der Waals surface area (Å²) >= 11 is 6.91. The highest BCUT2D eigenvalue weighted by Gasteiger charge is 2.27. The van der Waals surface area contributed by atoms with Crippen LogP contribution in [0.2, 0.25) is 0 Å². The molecule has 2 aromatic rings. The van der Waals surface area contributed by atoms with Crippen molar-refractivity contribution < 1.29 is 19.1 Å². The van der Waals surface area contributed by atoms with Gasteiger partial charge in [-0.2, -0.15) is 0 Å². The normalized spacial score (nSPS) is 12.8. The predicted octanol–water partition coefficient (Wildman–Crippen LogP) is 5.36. The second-order valence-corrected chi connectivity index (χ2v) is 9.58. The molecule has 0 saturated carbocycles. The van der Waals surface area contributed by atoms with Gasteiger partial charge in [0, 0.05) is 4.88 Å². The molecule has 1 aliphatic rings. The van der Waals surface area contributed by atoms with Crippen molar-refractivity contribution in [3.05, 3.63) is 45.8 Å². The third-order valence-electron chi connectivity index (χ3n) is 5.19. The Morgan fingerprint density at radius 3 is 2.69 bits per heavy atom. The monoisotopic (exact) mass is 474 g/mol. The molecule has 1 aromatic heterocycles. The van der Waals surface area contributed by atoms with Crippen molar-refractivity contribution in [3.8, 4) is 5.75 Å². The quantitative estimate of drug-likeness (QED) is 0.396. The summed E-state index contributed by atoms with van der Waals surface area (Å²) in [5, 5.41) is 6.54. The van der Waals surface area contributed by atoms with Crippen LogP contribution in [0.3, 0.4) is 0 Å². The topological polar surface area (TPSA) is 76.7 Å². The summed E-state index contributed by atoms with van der Waals surface area (Å²) in [4.78, 5) is 26.7. The zero-order valence-corrected chi connectivity index (χ0v) is 20.4. The molecule has 0 unspecified atom stereocenters. The summed E-state index contributed by atoms with van der Waals surface area (Å²) < 4.78 is 11.1. The fourth-order valence-electron chi connectivity index (χ4n) is 3.56. The Labute approximate surface area is 198 Å². The van der Waals surface area contributed by atoms with Gasteiger partial charge in [-0.25, -0.2) is 4.79 Å². The van der Waals surface area contributed by atoms with E-state index in [2.05, 4.69) is 24.5 Å². The first-order valence-corrected chi connectivity index (χ1v) is 12.3. The number of ether oxygens (including phenoxy) is 2. The summed E-state index contributed by atoms with van der Waals surface area (Å²) in [6.45, 7) is 6.87. The molecule has 1 heterocycles. The predicted molar refractivity (Wildman–Crippen MR) is 132 cm³/mol. The SMILES string of the molecule is CCOC(=O)c1c(NC(=S)NC(=O)c2ccccc2OCCC(C)C)sc2c1CCCC2. The smallest absolute Gasteiger partial charge is 0.341 e. The zero-order valence-electron chi connectivity index (χ0n) is 18.8. The third kappa shape index (κ3) is 6.07. The van der Waals surface area contributed by atoms with Gasteiger partial charge in [0.2, 0.25) is 0 Å². The molecular weight excluding hydrogens is 444 g/mol. The number of fused-ring (bicyclic) bond motifs is 1. The van der Waals surface area contributed by atoms with Crippen molar-refractivity contribution in [2.75, 3.05) is 18.5 Å². The van der Waals surface area contributed by atoms with E-state index in [-0.39, 0.29) is 17.0 Å². The minimum absolute atomic E-state index is 0.135. The molecule has 0 bridgehead atoms. The first kappa shape index (κ1) is 24.2. The van der Waals surface area contributed by atoms with E-state index in [0.717, 1.165) is 37.7 Å². The Kier molecular flexibility index (Phi) is 8.64. The summed E-state index contributed by atoms with van der Waals surface area (Å²) in [6.07, 6.45) is 4.83. The number of para-hydroxylation sites is 1. The van der Waals surface area contributed by atoms with Crippen molar-refractivity contribution in [3.63, 3.8) is 0 Å². The number of hydrogen-bond acceptors (Lipinski definition) is 6. The number of rotatable bonds is 8. The Bertz CT molecular complexity index is 984. The van der Waals surface area contributed by atoms with Gasteiger partial charge in [-0.3, -0.25) is 10.1 Å². The molecule has 2 N–H and O–H groups in total. The maximum absolute atomic E-state index is 12.9. The highest BCUT2D eigenvalue weighted by atomic mass is 32.1. The van der Waals surface area contributed by atoms with E-state index in [9.17, 15) is 9.59 Å². The van der Waals surface area contributed by atoms with Crippen molar-refractivity contribution >= 4 is 45.5 Å². The molecule has 0 aliphatic heterocycles. The molecule has 0 fully saturated rings. The van der Waals surface area contributed by atoms with E-state index < -0.39 is 0 Å². The number of aryl methyl sites for hydroxylation is 1. The molecule has 0 radical (unpaired) electrons. The second kappa shape index (κ2) is 11.4. The molecule has 1 amide bonds. The highest BCUT2D eigenvalue weighted by Crippen LogP contribution is 2.38. The van der Waals surface area contributed by atoms with Crippen LogP contribution in [-0.4, -0.2) is 30.2 Å². The summed E-state index contributed by atoms with van der Waals surface area (Å²) in [6, 6.07) is 7.10. The van der Waals surface area contributed by atoms with E-state index in [0.29, 0.717) is 41.0 Å². The van der Waals surface area contributed by atoms with Crippen LogP contribution in [0, 0.1) is 5.92 Å². The number of benzene rings is 1. The first-order chi connectivity index (χ1) is 15.4. The minimum Gasteiger partial charge on any atom is -0.493 e. The van der Waals surface area contributed by atoms with Crippen LogP contribution in [0.5, 0.6) is 5.75 Å². The molecular formula is C24H30N2O4S2. The van der Waals surface area contributed by atoms with Gasteiger partial charge >= 0.3 is 5.97 Å². The summed E-state index contributed by atoms with van der Waals surface area (Å²) in [7, 11) is 0. The maximum Gasteiger partial charge on any atom is 0.341 e. The molecule has 1 aromatic carbocycles. The van der Waals surface area contributed by atoms with Gasteiger partial charge in [0.1, 0.15) is 10.8 Å². The van der Waals surface area contributed by atoms with E-state index in [1.165, 1.54) is 16.2 Å². The van der Waals surface area contributed by atoms with Gasteiger partial charge in [-0.05, 0) is 74.9 Å². The van der Waals surface area contributed by atoms with Crippen LogP contribution in [-0.2, 0) is 17.6 Å². The van der Waals surface area contributed by atoms with Gasteiger partial charge in [0.25, 0.3) is 5.91 Å². The van der Waals surface area contributed by atoms with Gasteiger partial charge in [-0.1, -0.05) is 26.0 Å². The molecule has 0 saturated heterocycles. The number of carbonyl (C=O) groups excluding carboxylic acids is 2. The lowest BCUT2D eigenvalue weighted by molar-refractivity contribution is 0.0526. The largest absolute Gasteiger partial charge is 0.493 e. The van der Waals surface area contributed by atoms with Gasteiger partial charge < -0.3 is 14.8 Å². The van der Waals surface area contributed by atoms with Crippen molar-refractivity contribution in [1.82, 2.24) is 5.32 Å². The molecule has 0 spiro atoms. The lowest BCUT2D eigenvalue weighted by Gasteiger charge is -2.14. The van der Waals surface area contributed by atoms with E-state index in [1.807, 2.05) is 6.07 Å². The number of amides is 1. The zero-order chi connectivity index (χ0) is 23.1. The molecule has 0 atom stereocenters.